The maximum Gasteiger partial charge on any atom is 0.460 e. The Labute approximate surface area is 134 Å². The van der Waals surface area contributed by atoms with Crippen LogP contribution in [0.25, 0.3) is 0 Å². The lowest BCUT2D eigenvalue weighted by Crippen LogP contribution is -2.50. The van der Waals surface area contributed by atoms with Gasteiger partial charge in [-0.1, -0.05) is 39.0 Å². The molecule has 0 unspecified atom stereocenters. The van der Waals surface area contributed by atoms with E-state index < -0.39 is 33.5 Å². The molecule has 0 heterocycles. The van der Waals surface area contributed by atoms with Gasteiger partial charge in [0.25, 0.3) is 0 Å². The minimum Gasteiger partial charge on any atom is -0.478 e. The van der Waals surface area contributed by atoms with Gasteiger partial charge in [0.2, 0.25) is 4.38 Å². The standard InChI is InChI=1S/C12H17F7OS2/c1-2-3-4-5-6-7-8-20-9(21)22-12(18,19)10(13,14)11(15,16)17/h2-8H2,1H3. The Morgan fingerprint density at radius 2 is 1.41 bits per heavy atom. The van der Waals surface area contributed by atoms with E-state index in [2.05, 4.69) is 17.0 Å². The third-order valence-corrected chi connectivity index (χ3v) is 3.82. The Bertz CT molecular complexity index is 345. The van der Waals surface area contributed by atoms with Gasteiger partial charge in [-0.2, -0.15) is 30.7 Å². The average molecular weight is 374 g/mol. The van der Waals surface area contributed by atoms with Crippen LogP contribution < -0.4 is 0 Å². The maximum absolute atomic E-state index is 13.0. The maximum atomic E-state index is 13.0. The number of hydrogen-bond donors (Lipinski definition) is 0. The minimum atomic E-state index is -6.36. The number of thioether (sulfide) groups is 1. The first-order chi connectivity index (χ1) is 9.95. The van der Waals surface area contributed by atoms with Crippen molar-refractivity contribution in [1.29, 1.82) is 0 Å². The molecule has 0 bridgehead atoms. The van der Waals surface area contributed by atoms with Crippen molar-refractivity contribution in [3.8, 4) is 0 Å². The highest BCUT2D eigenvalue weighted by Crippen LogP contribution is 2.52. The van der Waals surface area contributed by atoms with E-state index in [0.717, 1.165) is 32.1 Å². The van der Waals surface area contributed by atoms with Crippen LogP contribution in [0.2, 0.25) is 0 Å². The van der Waals surface area contributed by atoms with Gasteiger partial charge >= 0.3 is 17.4 Å². The summed E-state index contributed by atoms with van der Waals surface area (Å²) >= 11 is 3.19. The lowest BCUT2D eigenvalue weighted by molar-refractivity contribution is -0.330. The molecule has 0 saturated carbocycles. The van der Waals surface area contributed by atoms with Crippen molar-refractivity contribution >= 4 is 28.4 Å². The molecule has 0 amide bonds. The first-order valence-electron chi connectivity index (χ1n) is 6.64. The zero-order chi connectivity index (χ0) is 17.4. The highest BCUT2D eigenvalue weighted by atomic mass is 32.2. The third kappa shape index (κ3) is 6.89. The van der Waals surface area contributed by atoms with Crippen molar-refractivity contribution in [2.24, 2.45) is 0 Å². The second kappa shape index (κ2) is 9.14. The van der Waals surface area contributed by atoms with Gasteiger partial charge in [0.05, 0.1) is 6.61 Å². The van der Waals surface area contributed by atoms with Crippen molar-refractivity contribution in [2.75, 3.05) is 6.61 Å². The van der Waals surface area contributed by atoms with Gasteiger partial charge in [-0.15, -0.1) is 0 Å². The molecule has 0 atom stereocenters. The van der Waals surface area contributed by atoms with Crippen molar-refractivity contribution in [1.82, 2.24) is 0 Å². The zero-order valence-electron chi connectivity index (χ0n) is 11.8. The van der Waals surface area contributed by atoms with Crippen LogP contribution in [-0.4, -0.2) is 28.3 Å². The summed E-state index contributed by atoms with van der Waals surface area (Å²) in [6.45, 7) is 1.95. The predicted molar refractivity (Wildman–Crippen MR) is 75.5 cm³/mol. The number of ether oxygens (including phenoxy) is 1. The van der Waals surface area contributed by atoms with Gasteiger partial charge in [-0.3, -0.25) is 0 Å². The topological polar surface area (TPSA) is 9.23 Å². The van der Waals surface area contributed by atoms with E-state index in [0.29, 0.717) is 6.42 Å². The van der Waals surface area contributed by atoms with Gasteiger partial charge in [-0.25, -0.2) is 0 Å². The van der Waals surface area contributed by atoms with Gasteiger partial charge in [0, 0.05) is 11.8 Å². The predicted octanol–water partition coefficient (Wildman–Crippen LogP) is 6.17. The third-order valence-electron chi connectivity index (χ3n) is 2.65. The molecule has 0 rings (SSSR count). The Morgan fingerprint density at radius 1 is 0.909 bits per heavy atom. The summed E-state index contributed by atoms with van der Waals surface area (Å²) in [5.41, 5.74) is 0. The molecular formula is C12H17F7OS2. The van der Waals surface area contributed by atoms with Gasteiger partial charge in [0.1, 0.15) is 0 Å². The number of hydrogen-bond acceptors (Lipinski definition) is 3. The molecule has 0 fully saturated rings. The number of halogens is 7. The van der Waals surface area contributed by atoms with Gasteiger partial charge in [-0.05, 0) is 18.6 Å². The summed E-state index contributed by atoms with van der Waals surface area (Å²) < 4.78 is 90.5. The van der Waals surface area contributed by atoms with Crippen LogP contribution in [0.3, 0.4) is 0 Å². The molecule has 1 nitrogen and oxygen atoms in total. The van der Waals surface area contributed by atoms with Crippen LogP contribution in [0.5, 0.6) is 0 Å². The Balaban J connectivity index is 4.15. The monoisotopic (exact) mass is 374 g/mol. The lowest BCUT2D eigenvalue weighted by atomic mass is 10.1. The molecule has 0 aromatic carbocycles. The van der Waals surface area contributed by atoms with Crippen LogP contribution in [0.4, 0.5) is 30.7 Å². The molecule has 0 aromatic rings. The number of thiocarbonyl (C=S) groups is 1. The molecule has 0 saturated heterocycles. The smallest absolute Gasteiger partial charge is 0.460 e. The molecule has 132 valence electrons. The normalized spacial score (nSPS) is 13.3. The number of rotatable bonds is 9. The first-order valence-corrected chi connectivity index (χ1v) is 7.86. The summed E-state index contributed by atoms with van der Waals surface area (Å²) in [5, 5.41) is -5.41. The molecule has 0 spiro atoms. The fourth-order valence-corrected chi connectivity index (χ4v) is 2.39. The fourth-order valence-electron chi connectivity index (χ4n) is 1.40. The molecule has 0 aliphatic rings. The summed E-state index contributed by atoms with van der Waals surface area (Å²) in [5.74, 6) is -6.18. The van der Waals surface area contributed by atoms with E-state index in [9.17, 15) is 30.7 Å². The van der Waals surface area contributed by atoms with E-state index in [1.807, 2.05) is 6.92 Å². The summed E-state index contributed by atoms with van der Waals surface area (Å²) in [6, 6.07) is 0. The second-order valence-electron chi connectivity index (χ2n) is 4.56. The van der Waals surface area contributed by atoms with Crippen LogP contribution in [0.1, 0.15) is 45.4 Å². The summed E-state index contributed by atoms with van der Waals surface area (Å²) in [6.07, 6.45) is -1.13. The van der Waals surface area contributed by atoms with Gasteiger partial charge < -0.3 is 4.74 Å². The Hall–Kier alpha value is -0.250. The quantitative estimate of drug-likeness (QED) is 0.271. The Kier molecular flexibility index (Phi) is 9.04. The second-order valence-corrected chi connectivity index (χ2v) is 6.27. The van der Waals surface area contributed by atoms with Crippen LogP contribution in [0, 0.1) is 0 Å². The molecule has 22 heavy (non-hydrogen) atoms. The van der Waals surface area contributed by atoms with E-state index in [1.165, 1.54) is 0 Å². The SMILES string of the molecule is CCCCCCCCOC(=S)SC(F)(F)C(F)(F)C(F)(F)F. The van der Waals surface area contributed by atoms with Crippen molar-refractivity contribution in [2.45, 2.75) is 62.8 Å². The highest BCUT2D eigenvalue weighted by Gasteiger charge is 2.74. The van der Waals surface area contributed by atoms with Crippen molar-refractivity contribution in [3.63, 3.8) is 0 Å². The lowest BCUT2D eigenvalue weighted by Gasteiger charge is -2.27. The molecular weight excluding hydrogens is 357 g/mol. The van der Waals surface area contributed by atoms with E-state index >= 15 is 0 Å². The Morgan fingerprint density at radius 3 is 1.91 bits per heavy atom. The van der Waals surface area contributed by atoms with E-state index in [1.54, 1.807) is 0 Å². The largest absolute Gasteiger partial charge is 0.478 e. The molecule has 0 N–H and O–H groups in total. The van der Waals surface area contributed by atoms with Crippen LogP contribution >= 0.6 is 24.0 Å². The molecule has 0 aromatic heterocycles. The van der Waals surface area contributed by atoms with E-state index in [-0.39, 0.29) is 6.61 Å². The molecule has 0 radical (unpaired) electrons. The zero-order valence-corrected chi connectivity index (χ0v) is 13.5. The molecule has 0 aliphatic carbocycles. The van der Waals surface area contributed by atoms with Crippen LogP contribution in [-0.2, 0) is 4.74 Å². The average Bonchev–Trinajstić information content (AvgIpc) is 2.35. The van der Waals surface area contributed by atoms with E-state index in [4.69, 9.17) is 0 Å². The first kappa shape index (κ1) is 21.8. The number of unbranched alkanes of at least 4 members (excludes halogenated alkanes) is 5. The van der Waals surface area contributed by atoms with Crippen molar-refractivity contribution < 1.29 is 35.5 Å². The van der Waals surface area contributed by atoms with Crippen LogP contribution in [0.15, 0.2) is 0 Å². The molecule has 10 heteroatoms. The minimum absolute atomic E-state index is 0.0916. The summed E-state index contributed by atoms with van der Waals surface area (Å²) in [4.78, 5) is 0. The highest BCUT2D eigenvalue weighted by molar-refractivity contribution is 8.23. The fraction of sp³-hybridized carbons (Fsp3) is 0.917. The van der Waals surface area contributed by atoms with Gasteiger partial charge in [0.15, 0.2) is 0 Å². The van der Waals surface area contributed by atoms with Crippen molar-refractivity contribution in [3.05, 3.63) is 0 Å². The molecule has 0 aliphatic heterocycles. The number of alkyl halides is 7. The summed E-state index contributed by atoms with van der Waals surface area (Å²) in [7, 11) is 0.